The predicted molar refractivity (Wildman–Crippen MR) is 100 cm³/mol. The minimum absolute atomic E-state index is 0.172. The van der Waals surface area contributed by atoms with E-state index in [0.717, 1.165) is 11.4 Å². The zero-order chi connectivity index (χ0) is 20.9. The topological polar surface area (TPSA) is 134 Å². The van der Waals surface area contributed by atoms with Crippen molar-refractivity contribution >= 4 is 27.6 Å². The number of phenols is 2. The standard InChI is InChI=1S/C18H14N2O2.CH4O4S/c1-20-15-5-3-2-4-13(15)10-16(20)14(11-19)8-12-6-7-17(21)18(22)9-12;1-6(3,4)5-2/h2-9,22H,10H2,1H3;2H,1H3. The van der Waals surface area contributed by atoms with E-state index in [1.165, 1.54) is 17.7 Å². The van der Waals surface area contributed by atoms with Crippen LogP contribution >= 0.6 is 0 Å². The maximum Gasteiger partial charge on any atom is 0.255 e. The Bertz CT molecular complexity index is 1100. The Labute approximate surface area is 162 Å². The minimum atomic E-state index is -3.72. The summed E-state index contributed by atoms with van der Waals surface area (Å²) in [5.74, 6) is -0.368. The summed E-state index contributed by atoms with van der Waals surface area (Å²) in [6, 6.07) is 14.8. The Morgan fingerprint density at radius 2 is 1.89 bits per heavy atom. The first kappa shape index (κ1) is 21.1. The number of para-hydroxylation sites is 1. The van der Waals surface area contributed by atoms with E-state index < -0.39 is 10.1 Å². The van der Waals surface area contributed by atoms with Gasteiger partial charge >= 0.3 is 0 Å². The van der Waals surface area contributed by atoms with Crippen molar-refractivity contribution in [2.45, 2.75) is 6.42 Å². The lowest BCUT2D eigenvalue weighted by Gasteiger charge is -2.00. The summed E-state index contributed by atoms with van der Waals surface area (Å²) in [6.07, 6.45) is 3.10. The molecule has 0 aromatic heterocycles. The fourth-order valence-electron chi connectivity index (χ4n) is 2.68. The maximum absolute atomic E-state index is 9.57. The lowest BCUT2D eigenvalue weighted by atomic mass is 10.0. The highest BCUT2D eigenvalue weighted by Gasteiger charge is 2.29. The molecule has 3 rings (SSSR count). The van der Waals surface area contributed by atoms with Crippen LogP contribution in [0.1, 0.15) is 11.1 Å². The van der Waals surface area contributed by atoms with Crippen LogP contribution in [0.5, 0.6) is 11.5 Å². The van der Waals surface area contributed by atoms with E-state index in [0.29, 0.717) is 23.8 Å². The van der Waals surface area contributed by atoms with Crippen molar-refractivity contribution in [3.8, 4) is 17.6 Å². The van der Waals surface area contributed by atoms with Gasteiger partial charge in [-0.25, -0.2) is 8.42 Å². The number of fused-ring (bicyclic) bond motifs is 1. The lowest BCUT2D eigenvalue weighted by molar-refractivity contribution is -0.634. The first-order valence-electron chi connectivity index (χ1n) is 7.99. The Morgan fingerprint density at radius 3 is 2.43 bits per heavy atom. The van der Waals surface area contributed by atoms with E-state index in [1.807, 2.05) is 29.8 Å². The van der Waals surface area contributed by atoms with Crippen LogP contribution in [0.15, 0.2) is 48.0 Å². The molecular weight excluding hydrogens is 384 g/mol. The molecule has 0 unspecified atom stereocenters. The van der Waals surface area contributed by atoms with Gasteiger partial charge in [-0.1, -0.05) is 24.3 Å². The molecule has 0 spiro atoms. The monoisotopic (exact) mass is 402 g/mol. The van der Waals surface area contributed by atoms with Gasteiger partial charge in [-0.15, -0.1) is 0 Å². The van der Waals surface area contributed by atoms with Crippen LogP contribution in [-0.4, -0.2) is 42.2 Å². The number of phenolic OH excluding ortho intramolecular Hbond substituents is 2. The van der Waals surface area contributed by atoms with Gasteiger partial charge < -0.3 is 19.8 Å². The zero-order valence-corrected chi connectivity index (χ0v) is 16.0. The highest BCUT2D eigenvalue weighted by atomic mass is 32.2. The zero-order valence-electron chi connectivity index (χ0n) is 15.2. The molecule has 28 heavy (non-hydrogen) atoms. The number of rotatable bonds is 3. The summed E-state index contributed by atoms with van der Waals surface area (Å²) in [5.41, 5.74) is 4.44. The molecule has 8 nitrogen and oxygen atoms in total. The van der Waals surface area contributed by atoms with Crippen LogP contribution in [0, 0.1) is 11.3 Å². The Balaban J connectivity index is 0.000000409. The van der Waals surface area contributed by atoms with Crippen molar-refractivity contribution in [3.63, 3.8) is 0 Å². The van der Waals surface area contributed by atoms with Gasteiger partial charge in [0.1, 0.15) is 18.7 Å². The molecule has 0 amide bonds. The molecule has 0 saturated heterocycles. The van der Waals surface area contributed by atoms with Gasteiger partial charge in [-0.05, 0) is 23.8 Å². The summed E-state index contributed by atoms with van der Waals surface area (Å²) < 4.78 is 23.6. The van der Waals surface area contributed by atoms with E-state index in [4.69, 9.17) is 5.26 Å². The molecule has 1 aliphatic heterocycles. The molecule has 0 radical (unpaired) electrons. The van der Waals surface area contributed by atoms with E-state index in [1.54, 1.807) is 12.1 Å². The van der Waals surface area contributed by atoms with Crippen LogP contribution in [0.3, 0.4) is 0 Å². The van der Waals surface area contributed by atoms with Crippen LogP contribution < -0.4 is 5.26 Å². The summed E-state index contributed by atoms with van der Waals surface area (Å²) in [7, 11) is -1.77. The molecule has 1 aliphatic rings. The van der Waals surface area contributed by atoms with E-state index in [9.17, 15) is 23.9 Å². The average Bonchev–Trinajstić information content (AvgIpc) is 2.99. The summed E-state index contributed by atoms with van der Waals surface area (Å²) in [5, 5.41) is 37.3. The van der Waals surface area contributed by atoms with Gasteiger partial charge in [-0.3, -0.25) is 0 Å². The van der Waals surface area contributed by atoms with E-state index >= 15 is 0 Å². The third kappa shape index (κ3) is 5.17. The van der Waals surface area contributed by atoms with Crippen LogP contribution in [-0.2, 0) is 20.9 Å². The number of benzene rings is 2. The number of nitriles is 1. The SMILES string of the molecule is CS(=O)(=O)O[O-].C[N+]1=C(/C(C#N)=C/c2ccc(O)c(O)c2)Cc2ccccc21. The largest absolute Gasteiger partial charge is 0.707 e. The van der Waals surface area contributed by atoms with Crippen molar-refractivity contribution in [1.29, 1.82) is 5.26 Å². The second-order valence-electron chi connectivity index (χ2n) is 6.00. The van der Waals surface area contributed by atoms with Gasteiger partial charge in [0.25, 0.3) is 10.1 Å². The van der Waals surface area contributed by atoms with Crippen molar-refractivity contribution < 1.29 is 32.8 Å². The molecule has 0 fully saturated rings. The van der Waals surface area contributed by atoms with Gasteiger partial charge in [0.15, 0.2) is 11.5 Å². The molecule has 0 saturated carbocycles. The van der Waals surface area contributed by atoms with Crippen molar-refractivity contribution in [2.75, 3.05) is 13.3 Å². The lowest BCUT2D eigenvalue weighted by Crippen LogP contribution is -2.12. The van der Waals surface area contributed by atoms with Gasteiger partial charge in [0.2, 0.25) is 11.4 Å². The fourth-order valence-corrected chi connectivity index (χ4v) is 2.68. The fraction of sp³-hybridized carbons (Fsp3) is 0.158. The Hall–Kier alpha value is -3.19. The van der Waals surface area contributed by atoms with Crippen molar-refractivity contribution in [3.05, 3.63) is 59.2 Å². The molecule has 2 aromatic carbocycles. The third-order valence-corrected chi connectivity index (χ3v) is 4.23. The molecule has 2 N–H and O–H groups in total. The molecule has 0 aliphatic carbocycles. The number of hydrogen-bond acceptors (Lipinski definition) is 7. The Kier molecular flexibility index (Phi) is 6.53. The number of nitrogens with zero attached hydrogens (tertiary/aromatic N) is 2. The highest BCUT2D eigenvalue weighted by molar-refractivity contribution is 7.85. The number of hydrogen-bond donors (Lipinski definition) is 2. The molecule has 0 atom stereocenters. The highest BCUT2D eigenvalue weighted by Crippen LogP contribution is 2.29. The van der Waals surface area contributed by atoms with Gasteiger partial charge in [0.05, 0.1) is 12.7 Å². The van der Waals surface area contributed by atoms with E-state index in [2.05, 4.69) is 16.5 Å². The molecule has 9 heteroatoms. The number of allylic oxidation sites excluding steroid dienone is 1. The van der Waals surface area contributed by atoms with Crippen LogP contribution in [0.4, 0.5) is 5.69 Å². The summed E-state index contributed by atoms with van der Waals surface area (Å²) >= 11 is 0. The van der Waals surface area contributed by atoms with E-state index in [-0.39, 0.29) is 11.5 Å². The number of aromatic hydroxyl groups is 2. The first-order chi connectivity index (χ1) is 13.2. The second-order valence-corrected chi connectivity index (χ2v) is 7.55. The molecule has 1 heterocycles. The third-order valence-electron chi connectivity index (χ3n) is 3.98. The molecule has 146 valence electrons. The van der Waals surface area contributed by atoms with Gasteiger partial charge in [0, 0.05) is 11.6 Å². The van der Waals surface area contributed by atoms with Crippen LogP contribution in [0.2, 0.25) is 0 Å². The van der Waals surface area contributed by atoms with Crippen molar-refractivity contribution in [1.82, 2.24) is 0 Å². The smallest absolute Gasteiger partial charge is 0.255 e. The minimum Gasteiger partial charge on any atom is -0.707 e. The summed E-state index contributed by atoms with van der Waals surface area (Å²) in [4.78, 5) is 0. The van der Waals surface area contributed by atoms with Crippen molar-refractivity contribution in [2.24, 2.45) is 0 Å². The summed E-state index contributed by atoms with van der Waals surface area (Å²) in [6.45, 7) is 0. The van der Waals surface area contributed by atoms with Crippen LogP contribution in [0.25, 0.3) is 6.08 Å². The maximum atomic E-state index is 9.57. The van der Waals surface area contributed by atoms with Gasteiger partial charge in [-0.2, -0.15) is 9.84 Å². The second kappa shape index (κ2) is 8.67. The predicted octanol–water partition coefficient (Wildman–Crippen LogP) is 1.21. The first-order valence-corrected chi connectivity index (χ1v) is 9.81. The quantitative estimate of drug-likeness (QED) is 0.259. The molecule has 0 bridgehead atoms. The molecular formula is C19H18N2O6S. The Morgan fingerprint density at radius 1 is 1.25 bits per heavy atom. The average molecular weight is 402 g/mol. The normalized spacial score (nSPS) is 13.4. The molecule has 2 aromatic rings.